The minimum atomic E-state index is 0.0684. The van der Waals surface area contributed by atoms with Gasteiger partial charge >= 0.3 is 0 Å². The van der Waals surface area contributed by atoms with E-state index in [-0.39, 0.29) is 6.10 Å². The molecule has 0 aliphatic carbocycles. The number of benzene rings is 1. The molecular formula is C18H20N4OS. The molecule has 1 aromatic carbocycles. The molecular weight excluding hydrogens is 320 g/mol. The summed E-state index contributed by atoms with van der Waals surface area (Å²) in [5.41, 5.74) is 2.19. The van der Waals surface area contributed by atoms with E-state index in [1.54, 1.807) is 11.3 Å². The van der Waals surface area contributed by atoms with Crippen LogP contribution in [0.15, 0.2) is 54.2 Å². The van der Waals surface area contributed by atoms with Gasteiger partial charge in [0.15, 0.2) is 0 Å². The van der Waals surface area contributed by atoms with Gasteiger partial charge in [-0.1, -0.05) is 30.3 Å². The zero-order chi connectivity index (χ0) is 16.2. The SMILES string of the molecule is c1ccc(-c2csc([C@H]3CN(CCn4cccn4)CCO3)n2)cc1. The van der Waals surface area contributed by atoms with Gasteiger partial charge in [-0.2, -0.15) is 5.10 Å². The molecule has 1 aliphatic rings. The molecule has 0 unspecified atom stereocenters. The van der Waals surface area contributed by atoms with Crippen LogP contribution in [0.25, 0.3) is 11.3 Å². The van der Waals surface area contributed by atoms with Gasteiger partial charge in [0.05, 0.1) is 18.8 Å². The fraction of sp³-hybridized carbons (Fsp3) is 0.333. The second kappa shape index (κ2) is 7.25. The Bertz CT molecular complexity index is 756. The maximum atomic E-state index is 5.96. The lowest BCUT2D eigenvalue weighted by Crippen LogP contribution is -2.40. The first-order valence-corrected chi connectivity index (χ1v) is 9.09. The first-order valence-electron chi connectivity index (χ1n) is 8.21. The number of nitrogens with zero attached hydrogens (tertiary/aromatic N) is 4. The molecule has 0 amide bonds. The molecule has 5 nitrogen and oxygen atoms in total. The summed E-state index contributed by atoms with van der Waals surface area (Å²) in [7, 11) is 0. The summed E-state index contributed by atoms with van der Waals surface area (Å²) in [6, 6.07) is 12.3. The van der Waals surface area contributed by atoms with Gasteiger partial charge in [0.2, 0.25) is 0 Å². The third kappa shape index (κ3) is 3.56. The number of thiazole rings is 1. The Balaban J connectivity index is 1.40. The second-order valence-corrected chi connectivity index (χ2v) is 6.76. The minimum Gasteiger partial charge on any atom is -0.368 e. The van der Waals surface area contributed by atoms with Crippen molar-refractivity contribution in [2.24, 2.45) is 0 Å². The Labute approximate surface area is 145 Å². The normalized spacial score (nSPS) is 18.8. The highest BCUT2D eigenvalue weighted by Gasteiger charge is 2.24. The zero-order valence-electron chi connectivity index (χ0n) is 13.4. The molecule has 3 aromatic rings. The number of ether oxygens (including phenoxy) is 1. The lowest BCUT2D eigenvalue weighted by atomic mass is 10.2. The second-order valence-electron chi connectivity index (χ2n) is 5.87. The van der Waals surface area contributed by atoms with Gasteiger partial charge in [0, 0.05) is 43.0 Å². The molecule has 1 saturated heterocycles. The fourth-order valence-electron chi connectivity index (χ4n) is 2.91. The molecule has 124 valence electrons. The van der Waals surface area contributed by atoms with Crippen LogP contribution in [0.4, 0.5) is 0 Å². The lowest BCUT2D eigenvalue weighted by Gasteiger charge is -2.31. The van der Waals surface area contributed by atoms with Crippen LogP contribution in [0.2, 0.25) is 0 Å². The summed E-state index contributed by atoms with van der Waals surface area (Å²) in [5, 5.41) is 7.45. The number of hydrogen-bond acceptors (Lipinski definition) is 5. The zero-order valence-corrected chi connectivity index (χ0v) is 14.2. The maximum Gasteiger partial charge on any atom is 0.124 e. The predicted octanol–water partition coefficient (Wildman–Crippen LogP) is 3.08. The van der Waals surface area contributed by atoms with E-state index in [1.165, 1.54) is 0 Å². The summed E-state index contributed by atoms with van der Waals surface area (Å²) in [6.07, 6.45) is 3.90. The molecule has 0 radical (unpaired) electrons. The van der Waals surface area contributed by atoms with Gasteiger partial charge in [0.1, 0.15) is 11.1 Å². The Morgan fingerprint density at radius 3 is 2.92 bits per heavy atom. The highest BCUT2D eigenvalue weighted by atomic mass is 32.1. The molecule has 0 N–H and O–H groups in total. The van der Waals surface area contributed by atoms with Gasteiger partial charge in [-0.3, -0.25) is 9.58 Å². The summed E-state index contributed by atoms with van der Waals surface area (Å²) in [6.45, 7) is 4.51. The lowest BCUT2D eigenvalue weighted by molar-refractivity contribution is -0.0311. The van der Waals surface area contributed by atoms with E-state index >= 15 is 0 Å². The highest BCUT2D eigenvalue weighted by Crippen LogP contribution is 2.29. The van der Waals surface area contributed by atoms with Crippen molar-refractivity contribution in [3.63, 3.8) is 0 Å². The van der Waals surface area contributed by atoms with E-state index in [4.69, 9.17) is 9.72 Å². The number of morpholine rings is 1. The Hall–Kier alpha value is -2.02. The topological polar surface area (TPSA) is 43.2 Å². The first-order chi connectivity index (χ1) is 11.9. The van der Waals surface area contributed by atoms with Crippen molar-refractivity contribution >= 4 is 11.3 Å². The molecule has 6 heteroatoms. The van der Waals surface area contributed by atoms with Crippen LogP contribution in [-0.2, 0) is 11.3 Å². The number of rotatable bonds is 5. The number of aromatic nitrogens is 3. The first kappa shape index (κ1) is 15.5. The van der Waals surface area contributed by atoms with E-state index in [9.17, 15) is 0 Å². The Kier molecular flexibility index (Phi) is 4.69. The van der Waals surface area contributed by atoms with E-state index in [1.807, 2.05) is 41.3 Å². The Morgan fingerprint density at radius 1 is 1.17 bits per heavy atom. The summed E-state index contributed by atoms with van der Waals surface area (Å²) < 4.78 is 7.94. The molecule has 1 fully saturated rings. The summed E-state index contributed by atoms with van der Waals surface area (Å²) in [5.74, 6) is 0. The fourth-order valence-corrected chi connectivity index (χ4v) is 3.78. The molecule has 0 spiro atoms. The van der Waals surface area contributed by atoms with Crippen molar-refractivity contribution in [3.05, 3.63) is 59.2 Å². The molecule has 1 aliphatic heterocycles. The van der Waals surface area contributed by atoms with E-state index in [2.05, 4.69) is 27.5 Å². The van der Waals surface area contributed by atoms with Crippen molar-refractivity contribution in [1.82, 2.24) is 19.7 Å². The van der Waals surface area contributed by atoms with Gasteiger partial charge < -0.3 is 4.74 Å². The molecule has 0 bridgehead atoms. The van der Waals surface area contributed by atoms with Crippen LogP contribution in [0.1, 0.15) is 11.1 Å². The summed E-state index contributed by atoms with van der Waals surface area (Å²) in [4.78, 5) is 7.23. The largest absolute Gasteiger partial charge is 0.368 e. The summed E-state index contributed by atoms with van der Waals surface area (Å²) >= 11 is 1.69. The van der Waals surface area contributed by atoms with E-state index < -0.39 is 0 Å². The number of hydrogen-bond donors (Lipinski definition) is 0. The average Bonchev–Trinajstić information content (AvgIpc) is 3.33. The molecule has 24 heavy (non-hydrogen) atoms. The van der Waals surface area contributed by atoms with Crippen LogP contribution >= 0.6 is 11.3 Å². The van der Waals surface area contributed by atoms with Crippen molar-refractivity contribution in [2.45, 2.75) is 12.6 Å². The minimum absolute atomic E-state index is 0.0684. The molecule has 0 saturated carbocycles. The quantitative estimate of drug-likeness (QED) is 0.716. The van der Waals surface area contributed by atoms with Crippen molar-refractivity contribution < 1.29 is 4.74 Å². The van der Waals surface area contributed by atoms with Gasteiger partial charge in [-0.15, -0.1) is 11.3 Å². The van der Waals surface area contributed by atoms with E-state index in [0.29, 0.717) is 0 Å². The molecule has 3 heterocycles. The van der Waals surface area contributed by atoms with Gasteiger partial charge in [-0.05, 0) is 6.07 Å². The van der Waals surface area contributed by atoms with Crippen LogP contribution in [0.5, 0.6) is 0 Å². The van der Waals surface area contributed by atoms with Crippen molar-refractivity contribution in [3.8, 4) is 11.3 Å². The van der Waals surface area contributed by atoms with Crippen molar-refractivity contribution in [2.75, 3.05) is 26.2 Å². The van der Waals surface area contributed by atoms with Crippen LogP contribution in [0.3, 0.4) is 0 Å². The highest BCUT2D eigenvalue weighted by molar-refractivity contribution is 7.10. The molecule has 2 aromatic heterocycles. The third-order valence-corrected chi connectivity index (χ3v) is 5.16. The van der Waals surface area contributed by atoms with Crippen molar-refractivity contribution in [1.29, 1.82) is 0 Å². The Morgan fingerprint density at radius 2 is 2.08 bits per heavy atom. The smallest absolute Gasteiger partial charge is 0.124 e. The average molecular weight is 340 g/mol. The monoisotopic (exact) mass is 340 g/mol. The molecule has 4 rings (SSSR count). The standard InChI is InChI=1S/C18H20N4OS/c1-2-5-15(6-3-1)16-14-24-18(20-16)17-13-21(11-12-23-17)9-10-22-8-4-7-19-22/h1-8,14,17H,9-13H2/t17-/m1/s1. The van der Waals surface area contributed by atoms with Crippen LogP contribution < -0.4 is 0 Å². The van der Waals surface area contributed by atoms with E-state index in [0.717, 1.165) is 49.1 Å². The third-order valence-electron chi connectivity index (χ3n) is 4.22. The van der Waals surface area contributed by atoms with Crippen LogP contribution in [-0.4, -0.2) is 45.9 Å². The predicted molar refractivity (Wildman–Crippen MR) is 94.9 cm³/mol. The van der Waals surface area contributed by atoms with Gasteiger partial charge in [0.25, 0.3) is 0 Å². The van der Waals surface area contributed by atoms with Gasteiger partial charge in [-0.25, -0.2) is 4.98 Å². The molecule has 1 atom stereocenters. The van der Waals surface area contributed by atoms with Crippen LogP contribution in [0, 0.1) is 0 Å². The maximum absolute atomic E-state index is 5.96.